The van der Waals surface area contributed by atoms with Crippen LogP contribution in [0, 0.1) is 5.41 Å². The molecule has 0 aliphatic heterocycles. The Morgan fingerprint density at radius 3 is 1.79 bits per heavy atom. The van der Waals surface area contributed by atoms with Crippen molar-refractivity contribution in [1.29, 1.82) is 0 Å². The van der Waals surface area contributed by atoms with E-state index >= 15 is 0 Å². The van der Waals surface area contributed by atoms with Crippen molar-refractivity contribution in [2.75, 3.05) is 0 Å². The third-order valence-corrected chi connectivity index (χ3v) is 3.29. The topological polar surface area (TPSA) is 57.5 Å². The van der Waals surface area contributed by atoms with Gasteiger partial charge in [-0.1, -0.05) is 20.8 Å². The molecule has 0 saturated heterocycles. The summed E-state index contributed by atoms with van der Waals surface area (Å²) in [6.07, 6.45) is 2.05. The highest BCUT2D eigenvalue weighted by Gasteiger charge is 2.40. The second-order valence-electron chi connectivity index (χ2n) is 4.32. The Morgan fingerprint density at radius 2 is 1.57 bits per heavy atom. The molecule has 0 saturated carbocycles. The van der Waals surface area contributed by atoms with Crippen LogP contribution in [0.4, 0.5) is 0 Å². The van der Waals surface area contributed by atoms with E-state index in [1.54, 1.807) is 6.92 Å². The van der Waals surface area contributed by atoms with Crippen LogP contribution < -0.4 is 0 Å². The van der Waals surface area contributed by atoms with Crippen LogP contribution in [0.1, 0.15) is 53.4 Å². The van der Waals surface area contributed by atoms with Crippen molar-refractivity contribution in [1.82, 2.24) is 0 Å². The average molecular weight is 202 g/mol. The van der Waals surface area contributed by atoms with Crippen LogP contribution in [-0.4, -0.2) is 21.8 Å². The molecule has 84 valence electrons. The zero-order valence-electron chi connectivity index (χ0n) is 9.63. The molecule has 0 fully saturated rings. The van der Waals surface area contributed by atoms with Crippen LogP contribution >= 0.6 is 0 Å². The number of carboxylic acids is 1. The molecule has 0 amide bonds. The van der Waals surface area contributed by atoms with E-state index in [-0.39, 0.29) is 0 Å². The van der Waals surface area contributed by atoms with E-state index in [1.165, 1.54) is 0 Å². The molecule has 3 heteroatoms. The number of aliphatic carboxylic acids is 1. The largest absolute Gasteiger partial charge is 0.481 e. The molecule has 1 unspecified atom stereocenters. The lowest BCUT2D eigenvalue weighted by Crippen LogP contribution is -2.39. The average Bonchev–Trinajstić information content (AvgIpc) is 2.14. The maximum atomic E-state index is 11.2. The van der Waals surface area contributed by atoms with E-state index in [2.05, 4.69) is 0 Å². The number of hydrogen-bond acceptors (Lipinski definition) is 2. The van der Waals surface area contributed by atoms with Gasteiger partial charge in [0.2, 0.25) is 0 Å². The minimum Gasteiger partial charge on any atom is -0.481 e. The number of aliphatic hydroxyl groups is 1. The molecule has 0 rings (SSSR count). The van der Waals surface area contributed by atoms with Gasteiger partial charge in [0, 0.05) is 0 Å². The second kappa shape index (κ2) is 4.78. The Balaban J connectivity index is 4.76. The van der Waals surface area contributed by atoms with Gasteiger partial charge in [0.15, 0.2) is 0 Å². The summed E-state index contributed by atoms with van der Waals surface area (Å²) < 4.78 is 0. The summed E-state index contributed by atoms with van der Waals surface area (Å²) in [7, 11) is 0. The summed E-state index contributed by atoms with van der Waals surface area (Å²) in [6, 6.07) is 0. The molecular weight excluding hydrogens is 180 g/mol. The first-order valence-corrected chi connectivity index (χ1v) is 5.29. The molecule has 0 bridgehead atoms. The molecule has 0 aliphatic carbocycles. The molecule has 0 aromatic rings. The smallest absolute Gasteiger partial charge is 0.309 e. The summed E-state index contributed by atoms with van der Waals surface area (Å²) in [5.74, 6) is -0.795. The first-order chi connectivity index (χ1) is 6.33. The van der Waals surface area contributed by atoms with Crippen LogP contribution in [-0.2, 0) is 4.79 Å². The van der Waals surface area contributed by atoms with E-state index in [0.717, 1.165) is 0 Å². The van der Waals surface area contributed by atoms with Crippen molar-refractivity contribution in [2.24, 2.45) is 5.41 Å². The Bertz CT molecular complexity index is 193. The lowest BCUT2D eigenvalue weighted by Gasteiger charge is -2.34. The zero-order valence-corrected chi connectivity index (χ0v) is 9.63. The minimum atomic E-state index is -0.871. The van der Waals surface area contributed by atoms with Crippen molar-refractivity contribution in [3.05, 3.63) is 0 Å². The van der Waals surface area contributed by atoms with Gasteiger partial charge in [-0.05, 0) is 32.6 Å². The summed E-state index contributed by atoms with van der Waals surface area (Å²) in [5, 5.41) is 19.1. The molecule has 0 aromatic carbocycles. The highest BCUT2D eigenvalue weighted by atomic mass is 16.4. The molecule has 0 heterocycles. The molecule has 0 spiro atoms. The fourth-order valence-electron chi connectivity index (χ4n) is 1.73. The number of hydrogen-bond donors (Lipinski definition) is 2. The number of carboxylic acid groups (broad SMARTS) is 1. The van der Waals surface area contributed by atoms with Gasteiger partial charge in [-0.25, -0.2) is 0 Å². The zero-order chi connectivity index (χ0) is 11.4. The Kier molecular flexibility index (Phi) is 4.59. The second-order valence-corrected chi connectivity index (χ2v) is 4.32. The van der Waals surface area contributed by atoms with Crippen molar-refractivity contribution >= 4 is 5.97 Å². The maximum Gasteiger partial charge on any atom is 0.309 e. The van der Waals surface area contributed by atoms with Crippen LogP contribution in [0.3, 0.4) is 0 Å². The third-order valence-electron chi connectivity index (χ3n) is 3.29. The fourth-order valence-corrected chi connectivity index (χ4v) is 1.73. The van der Waals surface area contributed by atoms with E-state index in [1.807, 2.05) is 20.8 Å². The van der Waals surface area contributed by atoms with Crippen molar-refractivity contribution < 1.29 is 15.0 Å². The first kappa shape index (κ1) is 13.4. The molecule has 0 aromatic heterocycles. The quantitative estimate of drug-likeness (QED) is 0.695. The summed E-state index contributed by atoms with van der Waals surface area (Å²) in [4.78, 5) is 11.2. The van der Waals surface area contributed by atoms with Gasteiger partial charge in [0.1, 0.15) is 0 Å². The fraction of sp³-hybridized carbons (Fsp3) is 0.909. The summed E-state index contributed by atoms with van der Waals surface area (Å²) in [6.45, 7) is 7.31. The van der Waals surface area contributed by atoms with Crippen LogP contribution in [0.25, 0.3) is 0 Å². The van der Waals surface area contributed by atoms with E-state index in [0.29, 0.717) is 25.7 Å². The molecule has 1 atom stereocenters. The van der Waals surface area contributed by atoms with Gasteiger partial charge >= 0.3 is 5.97 Å². The van der Waals surface area contributed by atoms with Gasteiger partial charge < -0.3 is 10.2 Å². The Morgan fingerprint density at radius 1 is 1.14 bits per heavy atom. The molecule has 0 radical (unpaired) electrons. The lowest BCUT2D eigenvalue weighted by molar-refractivity contribution is -0.154. The normalized spacial score (nSPS) is 16.4. The molecule has 3 nitrogen and oxygen atoms in total. The molecular formula is C11H22O3. The predicted molar refractivity (Wildman–Crippen MR) is 56.2 cm³/mol. The Hall–Kier alpha value is -0.570. The third kappa shape index (κ3) is 2.98. The monoisotopic (exact) mass is 202 g/mol. The number of carbonyl (C=O) groups is 1. The van der Waals surface area contributed by atoms with Crippen molar-refractivity contribution in [3.8, 4) is 0 Å². The molecule has 0 aliphatic rings. The summed E-state index contributed by atoms with van der Waals surface area (Å²) >= 11 is 0. The maximum absolute atomic E-state index is 11.2. The molecule has 2 N–H and O–H groups in total. The van der Waals surface area contributed by atoms with Gasteiger partial charge in [-0.3, -0.25) is 4.79 Å². The highest BCUT2D eigenvalue weighted by molar-refractivity contribution is 5.74. The van der Waals surface area contributed by atoms with Gasteiger partial charge in [-0.15, -0.1) is 0 Å². The molecule has 14 heavy (non-hydrogen) atoms. The first-order valence-electron chi connectivity index (χ1n) is 5.29. The van der Waals surface area contributed by atoms with E-state index in [9.17, 15) is 15.0 Å². The van der Waals surface area contributed by atoms with Crippen molar-refractivity contribution in [2.45, 2.75) is 59.0 Å². The van der Waals surface area contributed by atoms with Crippen LogP contribution in [0.15, 0.2) is 0 Å². The SMILES string of the molecule is CCC(C)(O)CC(CC)(CC)C(=O)O. The van der Waals surface area contributed by atoms with Crippen LogP contribution in [0.5, 0.6) is 0 Å². The van der Waals surface area contributed by atoms with Crippen LogP contribution in [0.2, 0.25) is 0 Å². The predicted octanol–water partition coefficient (Wildman–Crippen LogP) is 2.43. The standard InChI is InChI=1S/C11H22O3/c1-5-10(4,14)8-11(6-2,7-3)9(12)13/h14H,5-8H2,1-4H3,(H,12,13). The summed E-state index contributed by atoms with van der Waals surface area (Å²) in [5.41, 5.74) is -1.64. The number of rotatable bonds is 6. The van der Waals surface area contributed by atoms with Crippen molar-refractivity contribution in [3.63, 3.8) is 0 Å². The van der Waals surface area contributed by atoms with E-state index < -0.39 is 17.0 Å². The van der Waals surface area contributed by atoms with Gasteiger partial charge in [0.25, 0.3) is 0 Å². The lowest BCUT2D eigenvalue weighted by atomic mass is 9.73. The van der Waals surface area contributed by atoms with Gasteiger partial charge in [0.05, 0.1) is 11.0 Å². The van der Waals surface area contributed by atoms with Gasteiger partial charge in [-0.2, -0.15) is 0 Å². The Labute approximate surface area is 86.1 Å². The highest BCUT2D eigenvalue weighted by Crippen LogP contribution is 2.37. The van der Waals surface area contributed by atoms with E-state index in [4.69, 9.17) is 0 Å². The minimum absolute atomic E-state index is 0.332.